The Hall–Kier alpha value is -2.89. The van der Waals surface area contributed by atoms with Crippen LogP contribution in [0.5, 0.6) is 0 Å². The molecule has 2 aromatic rings. The molecule has 0 aliphatic heterocycles. The third-order valence-electron chi connectivity index (χ3n) is 2.90. The van der Waals surface area contributed by atoms with Crippen LogP contribution in [0.25, 0.3) is 0 Å². The lowest BCUT2D eigenvalue weighted by atomic mass is 10.2. The zero-order valence-electron chi connectivity index (χ0n) is 12.3. The van der Waals surface area contributed by atoms with Gasteiger partial charge in [-0.3, -0.25) is 9.59 Å². The number of nitrogens with one attached hydrogen (secondary N) is 3. The first-order chi connectivity index (χ1) is 10.6. The van der Waals surface area contributed by atoms with Crippen molar-refractivity contribution in [3.63, 3.8) is 0 Å². The minimum Gasteiger partial charge on any atom is -0.368 e. The lowest BCUT2D eigenvalue weighted by molar-refractivity contribution is -0.136. The number of hydrogen-bond acceptors (Lipinski definition) is 4. The molecule has 1 heterocycles. The predicted molar refractivity (Wildman–Crippen MR) is 85.5 cm³/mol. The number of hydrogen-bond donors (Lipinski definition) is 3. The van der Waals surface area contributed by atoms with Crippen LogP contribution < -0.4 is 16.0 Å². The summed E-state index contributed by atoms with van der Waals surface area (Å²) in [7, 11) is 0. The molecule has 0 fully saturated rings. The summed E-state index contributed by atoms with van der Waals surface area (Å²) in [6.45, 7) is 2.77. The van der Waals surface area contributed by atoms with Crippen LogP contribution in [0.2, 0.25) is 0 Å². The zero-order valence-corrected chi connectivity index (χ0v) is 12.3. The first-order valence-corrected chi connectivity index (χ1v) is 6.96. The van der Waals surface area contributed by atoms with E-state index in [1.165, 1.54) is 0 Å². The maximum atomic E-state index is 11.7. The monoisotopic (exact) mass is 298 g/mol. The topological polar surface area (TPSA) is 83.1 Å². The van der Waals surface area contributed by atoms with Gasteiger partial charge in [-0.1, -0.05) is 23.8 Å². The molecule has 0 aliphatic carbocycles. The van der Waals surface area contributed by atoms with Crippen LogP contribution in [0.4, 0.5) is 11.5 Å². The summed E-state index contributed by atoms with van der Waals surface area (Å²) in [6, 6.07) is 12.7. The van der Waals surface area contributed by atoms with E-state index in [0.29, 0.717) is 18.8 Å². The summed E-state index contributed by atoms with van der Waals surface area (Å²) < 4.78 is 0. The Kier molecular flexibility index (Phi) is 5.48. The fourth-order valence-corrected chi connectivity index (χ4v) is 1.74. The number of carbonyl (C=O) groups excluding carboxylic acids is 2. The highest BCUT2D eigenvalue weighted by molar-refractivity contribution is 6.39. The van der Waals surface area contributed by atoms with Crippen LogP contribution in [0, 0.1) is 6.92 Å². The van der Waals surface area contributed by atoms with Gasteiger partial charge in [-0.2, -0.15) is 0 Å². The molecule has 1 aromatic heterocycles. The van der Waals surface area contributed by atoms with Crippen molar-refractivity contribution in [2.24, 2.45) is 0 Å². The number of amides is 2. The minimum atomic E-state index is -0.679. The standard InChI is InChI=1S/C16H18N4O2/c1-12-5-7-13(8-6-12)20-16(22)15(21)19-11-10-18-14-4-2-3-9-17-14/h2-9H,10-11H2,1H3,(H,17,18)(H,19,21)(H,20,22). The highest BCUT2D eigenvalue weighted by Crippen LogP contribution is 2.08. The van der Waals surface area contributed by atoms with Crippen LogP contribution in [0.15, 0.2) is 48.7 Å². The number of rotatable bonds is 5. The van der Waals surface area contributed by atoms with Gasteiger partial charge in [-0.05, 0) is 31.2 Å². The third kappa shape index (κ3) is 4.90. The van der Waals surface area contributed by atoms with Crippen LogP contribution in [0.1, 0.15) is 5.56 Å². The van der Waals surface area contributed by atoms with Gasteiger partial charge in [0.05, 0.1) is 0 Å². The second-order valence-electron chi connectivity index (χ2n) is 4.72. The van der Waals surface area contributed by atoms with Gasteiger partial charge in [-0.15, -0.1) is 0 Å². The first kappa shape index (κ1) is 15.5. The van der Waals surface area contributed by atoms with Crippen molar-refractivity contribution >= 4 is 23.3 Å². The lowest BCUT2D eigenvalue weighted by Crippen LogP contribution is -2.37. The number of aryl methyl sites for hydroxylation is 1. The van der Waals surface area contributed by atoms with Gasteiger partial charge in [0.15, 0.2) is 0 Å². The molecule has 2 rings (SSSR count). The molecule has 0 aliphatic rings. The van der Waals surface area contributed by atoms with Gasteiger partial charge >= 0.3 is 11.8 Å². The average Bonchev–Trinajstić information content (AvgIpc) is 2.54. The number of aromatic nitrogens is 1. The van der Waals surface area contributed by atoms with E-state index in [-0.39, 0.29) is 0 Å². The average molecular weight is 298 g/mol. The van der Waals surface area contributed by atoms with Gasteiger partial charge in [0, 0.05) is 25.0 Å². The van der Waals surface area contributed by atoms with Crippen molar-refractivity contribution in [2.45, 2.75) is 6.92 Å². The molecule has 0 spiro atoms. The summed E-state index contributed by atoms with van der Waals surface area (Å²) in [6.07, 6.45) is 1.68. The summed E-state index contributed by atoms with van der Waals surface area (Å²) in [4.78, 5) is 27.5. The SMILES string of the molecule is Cc1ccc(NC(=O)C(=O)NCCNc2ccccn2)cc1. The molecule has 0 radical (unpaired) electrons. The largest absolute Gasteiger partial charge is 0.368 e. The first-order valence-electron chi connectivity index (χ1n) is 6.96. The molecule has 0 bridgehead atoms. The number of benzene rings is 1. The van der Waals surface area contributed by atoms with Gasteiger partial charge in [-0.25, -0.2) is 4.98 Å². The smallest absolute Gasteiger partial charge is 0.313 e. The molecule has 1 aromatic carbocycles. The van der Waals surface area contributed by atoms with Crippen molar-refractivity contribution in [3.8, 4) is 0 Å². The highest BCUT2D eigenvalue weighted by Gasteiger charge is 2.12. The quantitative estimate of drug-likeness (QED) is 0.578. The summed E-state index contributed by atoms with van der Waals surface area (Å²) >= 11 is 0. The molecule has 6 nitrogen and oxygen atoms in total. The van der Waals surface area contributed by atoms with E-state index in [0.717, 1.165) is 11.4 Å². The molecule has 114 valence electrons. The van der Waals surface area contributed by atoms with Crippen LogP contribution in [-0.2, 0) is 9.59 Å². The number of anilines is 2. The van der Waals surface area contributed by atoms with Gasteiger partial charge in [0.2, 0.25) is 0 Å². The normalized spacial score (nSPS) is 9.86. The van der Waals surface area contributed by atoms with Crippen molar-refractivity contribution in [1.82, 2.24) is 10.3 Å². The zero-order chi connectivity index (χ0) is 15.8. The van der Waals surface area contributed by atoms with Crippen molar-refractivity contribution in [3.05, 3.63) is 54.2 Å². The number of nitrogens with zero attached hydrogens (tertiary/aromatic N) is 1. The fourth-order valence-electron chi connectivity index (χ4n) is 1.74. The van der Waals surface area contributed by atoms with Crippen LogP contribution in [0.3, 0.4) is 0 Å². The molecule has 0 saturated heterocycles. The Labute approximate surface area is 129 Å². The molecular weight excluding hydrogens is 280 g/mol. The van der Waals surface area contributed by atoms with Gasteiger partial charge < -0.3 is 16.0 Å². The fraction of sp³-hybridized carbons (Fsp3) is 0.188. The Morgan fingerprint density at radius 2 is 1.77 bits per heavy atom. The Morgan fingerprint density at radius 3 is 2.45 bits per heavy atom. The van der Waals surface area contributed by atoms with Crippen molar-refractivity contribution in [2.75, 3.05) is 23.7 Å². The van der Waals surface area contributed by atoms with E-state index in [1.807, 2.05) is 37.3 Å². The van der Waals surface area contributed by atoms with Crippen LogP contribution >= 0.6 is 0 Å². The summed E-state index contributed by atoms with van der Waals surface area (Å²) in [5.74, 6) is -0.619. The van der Waals surface area contributed by atoms with Gasteiger partial charge in [0.1, 0.15) is 5.82 Å². The highest BCUT2D eigenvalue weighted by atomic mass is 16.2. The number of carbonyl (C=O) groups is 2. The van der Waals surface area contributed by atoms with Crippen molar-refractivity contribution in [1.29, 1.82) is 0 Å². The maximum absolute atomic E-state index is 11.7. The second-order valence-corrected chi connectivity index (χ2v) is 4.72. The summed E-state index contributed by atoms with van der Waals surface area (Å²) in [5.41, 5.74) is 1.68. The number of pyridine rings is 1. The molecule has 3 N–H and O–H groups in total. The van der Waals surface area contributed by atoms with E-state index in [2.05, 4.69) is 20.9 Å². The molecule has 0 saturated carbocycles. The molecule has 0 unspecified atom stereocenters. The van der Waals surface area contributed by atoms with Crippen molar-refractivity contribution < 1.29 is 9.59 Å². The third-order valence-corrected chi connectivity index (χ3v) is 2.90. The van der Waals surface area contributed by atoms with Crippen LogP contribution in [-0.4, -0.2) is 29.9 Å². The Bertz CT molecular complexity index is 626. The van der Waals surface area contributed by atoms with E-state index in [9.17, 15) is 9.59 Å². The molecule has 0 atom stereocenters. The predicted octanol–water partition coefficient (Wildman–Crippen LogP) is 1.56. The second kappa shape index (κ2) is 7.78. The maximum Gasteiger partial charge on any atom is 0.313 e. The van der Waals surface area contributed by atoms with Gasteiger partial charge in [0.25, 0.3) is 0 Å². The van der Waals surface area contributed by atoms with E-state index < -0.39 is 11.8 Å². The Balaban J connectivity index is 1.70. The van der Waals surface area contributed by atoms with E-state index in [1.54, 1.807) is 18.3 Å². The van der Waals surface area contributed by atoms with E-state index in [4.69, 9.17) is 0 Å². The summed E-state index contributed by atoms with van der Waals surface area (Å²) in [5, 5.41) is 8.12. The van der Waals surface area contributed by atoms with E-state index >= 15 is 0 Å². The molecular formula is C16H18N4O2. The lowest BCUT2D eigenvalue weighted by Gasteiger charge is -2.08. The molecule has 2 amide bonds. The molecule has 6 heteroatoms. The minimum absolute atomic E-state index is 0.330. The Morgan fingerprint density at radius 1 is 1.00 bits per heavy atom. The molecule has 22 heavy (non-hydrogen) atoms.